The van der Waals surface area contributed by atoms with Gasteiger partial charge in [-0.25, -0.2) is 0 Å². The van der Waals surface area contributed by atoms with Crippen LogP contribution in [0.2, 0.25) is 0 Å². The number of benzene rings is 2. The van der Waals surface area contributed by atoms with E-state index in [4.69, 9.17) is 15.5 Å². The van der Waals surface area contributed by atoms with Crippen molar-refractivity contribution >= 4 is 16.8 Å². The number of carbonyl (C=O) groups excluding carboxylic acids is 1. The van der Waals surface area contributed by atoms with Gasteiger partial charge >= 0.3 is 0 Å². The molecule has 1 unspecified atom stereocenters. The van der Waals surface area contributed by atoms with Crippen LogP contribution in [0.15, 0.2) is 79.0 Å². The van der Waals surface area contributed by atoms with Crippen molar-refractivity contribution < 1.29 is 9.53 Å². The van der Waals surface area contributed by atoms with Gasteiger partial charge in [0.2, 0.25) is 5.91 Å². The van der Waals surface area contributed by atoms with E-state index in [1.165, 1.54) is 10.9 Å². The summed E-state index contributed by atoms with van der Waals surface area (Å²) in [7, 11) is 0. The third kappa shape index (κ3) is 4.23. The second kappa shape index (κ2) is 8.86. The molecule has 2 N–H and O–H groups in total. The number of primary amides is 1. The van der Waals surface area contributed by atoms with Crippen LogP contribution in [0, 0.1) is 0 Å². The fourth-order valence-corrected chi connectivity index (χ4v) is 4.16. The van der Waals surface area contributed by atoms with Crippen LogP contribution in [-0.4, -0.2) is 40.5 Å². The molecule has 1 saturated heterocycles. The second-order valence-corrected chi connectivity index (χ2v) is 7.97. The molecule has 32 heavy (non-hydrogen) atoms. The zero-order valence-electron chi connectivity index (χ0n) is 17.6. The van der Waals surface area contributed by atoms with Gasteiger partial charge in [0, 0.05) is 42.3 Å². The van der Waals surface area contributed by atoms with E-state index in [0.717, 1.165) is 42.1 Å². The Morgan fingerprint density at radius 2 is 1.88 bits per heavy atom. The lowest BCUT2D eigenvalue weighted by Crippen LogP contribution is -2.38. The molecule has 0 spiro atoms. The molecule has 6 nitrogen and oxygen atoms in total. The fraction of sp³-hybridized carbons (Fsp3) is 0.192. The Balaban J connectivity index is 1.34. The Bertz CT molecular complexity index is 1250. The van der Waals surface area contributed by atoms with Gasteiger partial charge < -0.3 is 10.5 Å². The zero-order chi connectivity index (χ0) is 21.9. The molecule has 4 aromatic rings. The first-order valence-electron chi connectivity index (χ1n) is 10.7. The van der Waals surface area contributed by atoms with Crippen LogP contribution in [0.5, 0.6) is 0 Å². The number of hydrogen-bond donors (Lipinski definition) is 1. The molecule has 0 bridgehead atoms. The van der Waals surface area contributed by atoms with Crippen molar-refractivity contribution in [1.82, 2.24) is 14.9 Å². The van der Waals surface area contributed by atoms with E-state index in [-0.39, 0.29) is 6.10 Å². The molecule has 0 saturated carbocycles. The number of nitrogens with zero attached hydrogens (tertiary/aromatic N) is 3. The third-order valence-corrected chi connectivity index (χ3v) is 5.85. The summed E-state index contributed by atoms with van der Waals surface area (Å²) < 4.78 is 6.08. The lowest BCUT2D eigenvalue weighted by atomic mass is 10.1. The van der Waals surface area contributed by atoms with E-state index in [0.29, 0.717) is 12.2 Å². The van der Waals surface area contributed by atoms with Crippen LogP contribution in [0.3, 0.4) is 0 Å². The molecule has 2 aromatic heterocycles. The number of aromatic nitrogens is 2. The number of pyridine rings is 2. The van der Waals surface area contributed by atoms with Crippen LogP contribution < -0.4 is 5.73 Å². The van der Waals surface area contributed by atoms with Crippen molar-refractivity contribution in [3.63, 3.8) is 0 Å². The highest BCUT2D eigenvalue weighted by Gasteiger charge is 2.24. The maximum Gasteiger partial charge on any atom is 0.248 e. The molecule has 0 radical (unpaired) electrons. The molecule has 3 heterocycles. The molecule has 1 atom stereocenters. The normalized spacial score (nSPS) is 16.8. The van der Waals surface area contributed by atoms with Crippen LogP contribution in [0.4, 0.5) is 0 Å². The number of morpholine rings is 1. The molecule has 1 aliphatic heterocycles. The molecule has 160 valence electrons. The summed E-state index contributed by atoms with van der Waals surface area (Å²) in [5.74, 6) is -0.434. The van der Waals surface area contributed by atoms with E-state index in [2.05, 4.69) is 28.1 Å². The summed E-state index contributed by atoms with van der Waals surface area (Å²) in [5.41, 5.74) is 10.8. The summed E-state index contributed by atoms with van der Waals surface area (Å²) in [6, 6.07) is 23.5. The van der Waals surface area contributed by atoms with Crippen LogP contribution >= 0.6 is 0 Å². The van der Waals surface area contributed by atoms with Gasteiger partial charge in [0.1, 0.15) is 6.10 Å². The molecular weight excluding hydrogens is 400 g/mol. The van der Waals surface area contributed by atoms with Gasteiger partial charge in [-0.15, -0.1) is 0 Å². The topological polar surface area (TPSA) is 81.3 Å². The largest absolute Gasteiger partial charge is 0.369 e. The summed E-state index contributed by atoms with van der Waals surface area (Å²) in [4.78, 5) is 23.1. The Hall–Kier alpha value is -3.61. The molecule has 1 fully saturated rings. The van der Waals surface area contributed by atoms with E-state index in [1.54, 1.807) is 12.1 Å². The first-order chi connectivity index (χ1) is 15.7. The van der Waals surface area contributed by atoms with Crippen molar-refractivity contribution in [3.8, 4) is 11.3 Å². The van der Waals surface area contributed by atoms with Gasteiger partial charge in [-0.2, -0.15) is 0 Å². The summed E-state index contributed by atoms with van der Waals surface area (Å²) in [5, 5.41) is 1.19. The number of ether oxygens (including phenoxy) is 1. The standard InChI is InChI=1S/C26H24N4O2/c27-26(31)19-10-8-18(9-11-19)22-6-3-7-24(29-22)25-17-30(14-15-32-25)16-20-12-13-28-23-5-2-1-4-21(20)23/h1-13,25H,14-17H2,(H2,27,31). The minimum atomic E-state index is -0.434. The number of fused-ring (bicyclic) bond motifs is 1. The highest BCUT2D eigenvalue weighted by molar-refractivity contribution is 5.93. The summed E-state index contributed by atoms with van der Waals surface area (Å²) >= 11 is 0. The fourth-order valence-electron chi connectivity index (χ4n) is 4.16. The van der Waals surface area contributed by atoms with Gasteiger partial charge in [0.25, 0.3) is 0 Å². The lowest BCUT2D eigenvalue weighted by Gasteiger charge is -2.33. The maximum absolute atomic E-state index is 11.3. The zero-order valence-corrected chi connectivity index (χ0v) is 17.6. The Labute approximate surface area is 186 Å². The molecule has 5 rings (SSSR count). The summed E-state index contributed by atoms with van der Waals surface area (Å²) in [6.07, 6.45) is 1.78. The van der Waals surface area contributed by atoms with Crippen molar-refractivity contribution in [2.45, 2.75) is 12.6 Å². The predicted molar refractivity (Wildman–Crippen MR) is 124 cm³/mol. The molecule has 1 amide bonds. The first-order valence-corrected chi connectivity index (χ1v) is 10.7. The lowest BCUT2D eigenvalue weighted by molar-refractivity contribution is -0.0348. The van der Waals surface area contributed by atoms with Gasteiger partial charge in [-0.1, -0.05) is 36.4 Å². The van der Waals surface area contributed by atoms with E-state index < -0.39 is 5.91 Å². The average Bonchev–Trinajstić information content (AvgIpc) is 2.85. The van der Waals surface area contributed by atoms with Gasteiger partial charge in [0.05, 0.1) is 23.5 Å². The Kier molecular flexibility index (Phi) is 5.62. The maximum atomic E-state index is 11.3. The number of amides is 1. The van der Waals surface area contributed by atoms with Crippen molar-refractivity contribution in [1.29, 1.82) is 0 Å². The van der Waals surface area contributed by atoms with Crippen LogP contribution in [0.1, 0.15) is 27.7 Å². The van der Waals surface area contributed by atoms with Crippen molar-refractivity contribution in [3.05, 3.63) is 95.8 Å². The van der Waals surface area contributed by atoms with E-state index in [1.807, 2.05) is 48.7 Å². The monoisotopic (exact) mass is 424 g/mol. The third-order valence-electron chi connectivity index (χ3n) is 5.85. The molecule has 6 heteroatoms. The van der Waals surface area contributed by atoms with E-state index >= 15 is 0 Å². The SMILES string of the molecule is NC(=O)c1ccc(-c2cccc(C3CN(Cc4ccnc5ccccc45)CCO3)n2)cc1. The molecule has 2 aromatic carbocycles. The molecule has 0 aliphatic carbocycles. The van der Waals surface area contributed by atoms with Crippen LogP contribution in [-0.2, 0) is 11.3 Å². The Morgan fingerprint density at radius 1 is 1.03 bits per heavy atom. The minimum absolute atomic E-state index is 0.0957. The van der Waals surface area contributed by atoms with Crippen molar-refractivity contribution in [2.24, 2.45) is 5.73 Å². The minimum Gasteiger partial charge on any atom is -0.369 e. The summed E-state index contributed by atoms with van der Waals surface area (Å²) in [6.45, 7) is 3.15. The van der Waals surface area contributed by atoms with Gasteiger partial charge in [-0.3, -0.25) is 19.7 Å². The van der Waals surface area contributed by atoms with Crippen molar-refractivity contribution in [2.75, 3.05) is 19.7 Å². The number of para-hydroxylation sites is 1. The highest BCUT2D eigenvalue weighted by atomic mass is 16.5. The van der Waals surface area contributed by atoms with Gasteiger partial charge in [0.15, 0.2) is 0 Å². The Morgan fingerprint density at radius 3 is 2.72 bits per heavy atom. The smallest absolute Gasteiger partial charge is 0.248 e. The second-order valence-electron chi connectivity index (χ2n) is 7.97. The van der Waals surface area contributed by atoms with E-state index in [9.17, 15) is 4.79 Å². The number of nitrogens with two attached hydrogens (primary N) is 1. The average molecular weight is 425 g/mol. The highest BCUT2D eigenvalue weighted by Crippen LogP contribution is 2.26. The quantitative estimate of drug-likeness (QED) is 0.524. The first kappa shape index (κ1) is 20.3. The molecule has 1 aliphatic rings. The molecular formula is C26H24N4O2. The predicted octanol–water partition coefficient (Wildman–Crippen LogP) is 3.97. The van der Waals surface area contributed by atoms with Gasteiger partial charge in [-0.05, 0) is 42.0 Å². The number of hydrogen-bond acceptors (Lipinski definition) is 5. The number of rotatable bonds is 5. The van der Waals surface area contributed by atoms with Crippen LogP contribution in [0.25, 0.3) is 22.2 Å². The number of carbonyl (C=O) groups is 1.